The van der Waals surface area contributed by atoms with Crippen molar-refractivity contribution in [2.24, 2.45) is 0 Å². The lowest BCUT2D eigenvalue weighted by molar-refractivity contribution is -0.135. The highest BCUT2D eigenvalue weighted by atomic mass is 16.5. The van der Waals surface area contributed by atoms with E-state index in [1.165, 1.54) is 12.1 Å². The van der Waals surface area contributed by atoms with Crippen LogP contribution in [-0.2, 0) is 16.1 Å². The molecule has 0 spiro atoms. The highest BCUT2D eigenvalue weighted by Gasteiger charge is 2.16. The number of amides is 1. The summed E-state index contributed by atoms with van der Waals surface area (Å²) in [6, 6.07) is 2.90. The molecule has 2 rings (SSSR count). The van der Waals surface area contributed by atoms with Gasteiger partial charge in [0.05, 0.1) is 13.2 Å². The van der Waals surface area contributed by atoms with Gasteiger partial charge in [-0.15, -0.1) is 0 Å². The minimum atomic E-state index is -0.0462. The Morgan fingerprint density at radius 3 is 2.50 bits per heavy atom. The van der Waals surface area contributed by atoms with E-state index in [9.17, 15) is 9.59 Å². The largest absolute Gasteiger partial charge is 0.378 e. The van der Waals surface area contributed by atoms with E-state index < -0.39 is 0 Å². The third-order valence-electron chi connectivity index (χ3n) is 2.54. The van der Waals surface area contributed by atoms with E-state index in [4.69, 9.17) is 4.74 Å². The lowest BCUT2D eigenvalue weighted by atomic mass is 10.4. The molecule has 1 amide bonds. The smallest absolute Gasteiger partial charge is 0.242 e. The van der Waals surface area contributed by atoms with Crippen LogP contribution in [0.5, 0.6) is 0 Å². The van der Waals surface area contributed by atoms with Crippen LogP contribution in [-0.4, -0.2) is 41.7 Å². The van der Waals surface area contributed by atoms with Gasteiger partial charge in [-0.3, -0.25) is 9.59 Å². The van der Waals surface area contributed by atoms with Gasteiger partial charge in [0.15, 0.2) is 5.43 Å². The summed E-state index contributed by atoms with van der Waals surface area (Å²) >= 11 is 0. The zero-order valence-corrected chi connectivity index (χ0v) is 8.96. The minimum Gasteiger partial charge on any atom is -0.378 e. The molecule has 0 saturated carbocycles. The summed E-state index contributed by atoms with van der Waals surface area (Å²) in [5, 5.41) is 0. The first kappa shape index (κ1) is 10.9. The fourth-order valence-corrected chi connectivity index (χ4v) is 1.62. The van der Waals surface area contributed by atoms with Gasteiger partial charge in [0, 0.05) is 37.6 Å². The first-order chi connectivity index (χ1) is 7.75. The normalized spacial score (nSPS) is 16.1. The van der Waals surface area contributed by atoms with Crippen molar-refractivity contribution in [2.45, 2.75) is 6.54 Å². The van der Waals surface area contributed by atoms with E-state index in [0.29, 0.717) is 26.3 Å². The number of aromatic nitrogens is 1. The molecule has 0 aliphatic carbocycles. The molecule has 1 aromatic heterocycles. The van der Waals surface area contributed by atoms with Crippen molar-refractivity contribution in [3.8, 4) is 0 Å². The Labute approximate surface area is 93.2 Å². The first-order valence-electron chi connectivity index (χ1n) is 5.27. The summed E-state index contributed by atoms with van der Waals surface area (Å²) in [5.74, 6) is 0.0620. The molecule has 0 unspecified atom stereocenters. The number of pyridine rings is 1. The van der Waals surface area contributed by atoms with E-state index in [1.54, 1.807) is 21.9 Å². The molecular formula is C11H14N2O3. The number of carbonyl (C=O) groups is 1. The van der Waals surface area contributed by atoms with Gasteiger partial charge in [0.1, 0.15) is 6.54 Å². The third kappa shape index (κ3) is 2.70. The van der Waals surface area contributed by atoms with Gasteiger partial charge in [-0.1, -0.05) is 0 Å². The number of nitrogens with zero attached hydrogens (tertiary/aromatic N) is 2. The lowest BCUT2D eigenvalue weighted by Gasteiger charge is -2.27. The highest BCUT2D eigenvalue weighted by molar-refractivity contribution is 5.76. The molecule has 86 valence electrons. The van der Waals surface area contributed by atoms with Gasteiger partial charge in [0.2, 0.25) is 5.91 Å². The summed E-state index contributed by atoms with van der Waals surface area (Å²) in [6.07, 6.45) is 3.25. The summed E-state index contributed by atoms with van der Waals surface area (Å²) in [6.45, 7) is 2.80. The van der Waals surface area contributed by atoms with Gasteiger partial charge >= 0.3 is 0 Å². The summed E-state index contributed by atoms with van der Waals surface area (Å²) in [5.41, 5.74) is -0.0462. The molecule has 1 fully saturated rings. The van der Waals surface area contributed by atoms with Crippen molar-refractivity contribution in [3.63, 3.8) is 0 Å². The van der Waals surface area contributed by atoms with Gasteiger partial charge in [-0.2, -0.15) is 0 Å². The number of morpholine rings is 1. The number of rotatable bonds is 2. The second kappa shape index (κ2) is 4.94. The van der Waals surface area contributed by atoms with Crippen LogP contribution in [0.3, 0.4) is 0 Å². The topological polar surface area (TPSA) is 51.5 Å². The van der Waals surface area contributed by atoms with E-state index in [-0.39, 0.29) is 17.9 Å². The van der Waals surface area contributed by atoms with E-state index >= 15 is 0 Å². The van der Waals surface area contributed by atoms with Crippen molar-refractivity contribution in [3.05, 3.63) is 34.7 Å². The Morgan fingerprint density at radius 1 is 1.25 bits per heavy atom. The molecular weight excluding hydrogens is 208 g/mol. The predicted octanol–water partition coefficient (Wildman–Crippen LogP) is -0.293. The quantitative estimate of drug-likeness (QED) is 0.690. The van der Waals surface area contributed by atoms with Crippen LogP contribution in [0.25, 0.3) is 0 Å². The Kier molecular flexibility index (Phi) is 3.36. The molecule has 1 aliphatic rings. The average Bonchev–Trinajstić information content (AvgIpc) is 2.33. The molecule has 0 bridgehead atoms. The average molecular weight is 222 g/mol. The molecule has 5 heteroatoms. The van der Waals surface area contributed by atoms with E-state index in [0.717, 1.165) is 0 Å². The van der Waals surface area contributed by atoms with Gasteiger partial charge in [-0.25, -0.2) is 0 Å². The maximum atomic E-state index is 11.8. The first-order valence-corrected chi connectivity index (χ1v) is 5.27. The van der Waals surface area contributed by atoms with Crippen LogP contribution in [0.15, 0.2) is 29.3 Å². The molecule has 2 heterocycles. The summed E-state index contributed by atoms with van der Waals surface area (Å²) in [7, 11) is 0. The van der Waals surface area contributed by atoms with Gasteiger partial charge < -0.3 is 14.2 Å². The maximum Gasteiger partial charge on any atom is 0.242 e. The lowest BCUT2D eigenvalue weighted by Crippen LogP contribution is -2.42. The van der Waals surface area contributed by atoms with Crippen molar-refractivity contribution in [1.29, 1.82) is 0 Å². The molecule has 16 heavy (non-hydrogen) atoms. The third-order valence-corrected chi connectivity index (χ3v) is 2.54. The van der Waals surface area contributed by atoms with Crippen LogP contribution >= 0.6 is 0 Å². The number of carbonyl (C=O) groups excluding carboxylic acids is 1. The molecule has 0 radical (unpaired) electrons. The molecule has 5 nitrogen and oxygen atoms in total. The van der Waals surface area contributed by atoms with Gasteiger partial charge in [0.25, 0.3) is 0 Å². The number of hydrogen-bond acceptors (Lipinski definition) is 3. The van der Waals surface area contributed by atoms with Crippen molar-refractivity contribution in [1.82, 2.24) is 9.47 Å². The molecule has 0 atom stereocenters. The van der Waals surface area contributed by atoms with Crippen LogP contribution < -0.4 is 5.43 Å². The van der Waals surface area contributed by atoms with Gasteiger partial charge in [-0.05, 0) is 0 Å². The SMILES string of the molecule is O=C(Cn1ccc(=O)cc1)N1CCOCC1. The fourth-order valence-electron chi connectivity index (χ4n) is 1.62. The fraction of sp³-hybridized carbons (Fsp3) is 0.455. The second-order valence-electron chi connectivity index (χ2n) is 3.70. The standard InChI is InChI=1S/C11H14N2O3/c14-10-1-3-12(4-2-10)9-11(15)13-5-7-16-8-6-13/h1-4H,5-9H2. The second-order valence-corrected chi connectivity index (χ2v) is 3.70. The zero-order valence-electron chi connectivity index (χ0n) is 8.96. The van der Waals surface area contributed by atoms with E-state index in [2.05, 4.69) is 0 Å². The molecule has 0 aromatic carbocycles. The molecule has 1 saturated heterocycles. The van der Waals surface area contributed by atoms with Crippen LogP contribution in [0.1, 0.15) is 0 Å². The summed E-state index contributed by atoms with van der Waals surface area (Å²) < 4.78 is 6.88. The predicted molar refractivity (Wildman–Crippen MR) is 58.1 cm³/mol. The Morgan fingerprint density at radius 2 is 1.88 bits per heavy atom. The minimum absolute atomic E-state index is 0.0462. The molecule has 1 aromatic rings. The number of ether oxygens (including phenoxy) is 1. The van der Waals surface area contributed by atoms with E-state index in [1.807, 2.05) is 0 Å². The van der Waals surface area contributed by atoms with Crippen molar-refractivity contribution < 1.29 is 9.53 Å². The molecule has 0 N–H and O–H groups in total. The number of hydrogen-bond donors (Lipinski definition) is 0. The Bertz CT molecular complexity index is 401. The maximum absolute atomic E-state index is 11.8. The Hall–Kier alpha value is -1.62. The van der Waals surface area contributed by atoms with Crippen molar-refractivity contribution in [2.75, 3.05) is 26.3 Å². The summed E-state index contributed by atoms with van der Waals surface area (Å²) in [4.78, 5) is 24.5. The zero-order chi connectivity index (χ0) is 11.4. The van der Waals surface area contributed by atoms with Crippen LogP contribution in [0.4, 0.5) is 0 Å². The monoisotopic (exact) mass is 222 g/mol. The van der Waals surface area contributed by atoms with Crippen molar-refractivity contribution >= 4 is 5.91 Å². The highest BCUT2D eigenvalue weighted by Crippen LogP contribution is 1.99. The Balaban J connectivity index is 1.95. The van der Waals surface area contributed by atoms with Crippen LogP contribution in [0.2, 0.25) is 0 Å². The van der Waals surface area contributed by atoms with Crippen LogP contribution in [0, 0.1) is 0 Å². The molecule has 1 aliphatic heterocycles.